The summed E-state index contributed by atoms with van der Waals surface area (Å²) in [5.41, 5.74) is 0.355. The van der Waals surface area contributed by atoms with Gasteiger partial charge in [-0.2, -0.15) is 0 Å². The zero-order valence-electron chi connectivity index (χ0n) is 14.2. The quantitative estimate of drug-likeness (QED) is 0.840. The van der Waals surface area contributed by atoms with Crippen molar-refractivity contribution in [3.05, 3.63) is 53.6 Å². The van der Waals surface area contributed by atoms with Crippen LogP contribution in [0.5, 0.6) is 17.2 Å². The molecule has 1 atom stereocenters. The molecule has 2 aromatic carbocycles. The first-order valence-corrected chi connectivity index (χ1v) is 8.00. The molecule has 0 spiro atoms. The number of hydrogen-bond acceptors (Lipinski definition) is 5. The van der Waals surface area contributed by atoms with Crippen molar-refractivity contribution in [1.29, 1.82) is 0 Å². The minimum Gasteiger partial charge on any atom is -0.497 e. The van der Waals surface area contributed by atoms with Crippen LogP contribution in [0.1, 0.15) is 22.8 Å². The normalized spacial score (nSPS) is 14.7. The number of carbonyl (C=O) groups is 1. The summed E-state index contributed by atoms with van der Waals surface area (Å²) in [6.45, 7) is 1.99. The molecule has 0 radical (unpaired) electrons. The van der Waals surface area contributed by atoms with E-state index in [-0.39, 0.29) is 19.2 Å². The highest BCUT2D eigenvalue weighted by atomic mass is 16.7. The predicted octanol–water partition coefficient (Wildman–Crippen LogP) is 2.15. The Morgan fingerprint density at radius 1 is 1.20 bits per heavy atom. The number of fused-ring (bicyclic) bond motifs is 1. The van der Waals surface area contributed by atoms with Gasteiger partial charge in [0.05, 0.1) is 12.7 Å². The van der Waals surface area contributed by atoms with E-state index in [0.29, 0.717) is 23.5 Å². The maximum absolute atomic E-state index is 12.3. The minimum absolute atomic E-state index is 0.131. The molecule has 2 N–H and O–H groups in total. The average Bonchev–Trinajstić information content (AvgIpc) is 3.08. The van der Waals surface area contributed by atoms with Crippen molar-refractivity contribution in [3.63, 3.8) is 0 Å². The molecule has 6 heteroatoms. The molecule has 25 heavy (non-hydrogen) atoms. The summed E-state index contributed by atoms with van der Waals surface area (Å²) >= 11 is 0. The van der Waals surface area contributed by atoms with Gasteiger partial charge in [0.1, 0.15) is 5.75 Å². The summed E-state index contributed by atoms with van der Waals surface area (Å²) in [6.07, 6.45) is 0.415. The molecule has 0 unspecified atom stereocenters. The van der Waals surface area contributed by atoms with Crippen LogP contribution in [0.25, 0.3) is 0 Å². The molecule has 1 amide bonds. The van der Waals surface area contributed by atoms with Gasteiger partial charge in [-0.05, 0) is 42.8 Å². The summed E-state index contributed by atoms with van der Waals surface area (Å²) in [6, 6.07) is 12.5. The van der Waals surface area contributed by atoms with E-state index in [4.69, 9.17) is 14.2 Å². The Hall–Kier alpha value is -2.73. The number of hydrogen-bond donors (Lipinski definition) is 2. The van der Waals surface area contributed by atoms with E-state index < -0.39 is 5.60 Å². The van der Waals surface area contributed by atoms with Gasteiger partial charge in [0.25, 0.3) is 5.91 Å². The van der Waals surface area contributed by atoms with Crippen LogP contribution in [0.15, 0.2) is 42.5 Å². The van der Waals surface area contributed by atoms with Gasteiger partial charge in [-0.1, -0.05) is 12.1 Å². The van der Waals surface area contributed by atoms with E-state index in [2.05, 4.69) is 5.32 Å². The topological polar surface area (TPSA) is 77.0 Å². The average molecular weight is 343 g/mol. The number of methoxy groups -OCH3 is 1. The molecule has 1 heterocycles. The highest BCUT2D eigenvalue weighted by Crippen LogP contribution is 2.32. The summed E-state index contributed by atoms with van der Waals surface area (Å²) in [5, 5.41) is 13.3. The highest BCUT2D eigenvalue weighted by Gasteiger charge is 2.23. The molecule has 3 rings (SSSR count). The van der Waals surface area contributed by atoms with Gasteiger partial charge in [-0.3, -0.25) is 4.79 Å². The Kier molecular flexibility index (Phi) is 4.81. The van der Waals surface area contributed by atoms with Crippen molar-refractivity contribution >= 4 is 5.91 Å². The number of nitrogens with one attached hydrogen (secondary N) is 1. The third kappa shape index (κ3) is 4.22. The van der Waals surface area contributed by atoms with Crippen LogP contribution in [-0.2, 0) is 6.42 Å². The Morgan fingerprint density at radius 2 is 1.92 bits per heavy atom. The zero-order valence-corrected chi connectivity index (χ0v) is 14.2. The molecule has 0 saturated carbocycles. The van der Waals surface area contributed by atoms with Gasteiger partial charge in [-0.15, -0.1) is 0 Å². The first-order chi connectivity index (χ1) is 12.0. The van der Waals surface area contributed by atoms with Crippen LogP contribution in [0.2, 0.25) is 0 Å². The van der Waals surface area contributed by atoms with Crippen LogP contribution in [-0.4, -0.2) is 37.1 Å². The van der Waals surface area contributed by atoms with Crippen molar-refractivity contribution in [2.75, 3.05) is 20.4 Å². The second kappa shape index (κ2) is 7.03. The maximum atomic E-state index is 12.3. The number of benzene rings is 2. The summed E-state index contributed by atoms with van der Waals surface area (Å²) in [7, 11) is 1.61. The fourth-order valence-electron chi connectivity index (χ4n) is 2.66. The first kappa shape index (κ1) is 17.1. The fraction of sp³-hybridized carbons (Fsp3) is 0.316. The molecule has 6 nitrogen and oxygen atoms in total. The van der Waals surface area contributed by atoms with Gasteiger partial charge in [0, 0.05) is 18.5 Å². The molecule has 1 aliphatic heterocycles. The van der Waals surface area contributed by atoms with E-state index in [1.54, 1.807) is 32.2 Å². The van der Waals surface area contributed by atoms with Crippen molar-refractivity contribution in [3.8, 4) is 17.2 Å². The van der Waals surface area contributed by atoms with E-state index in [1.165, 1.54) is 0 Å². The molecule has 0 aliphatic carbocycles. The van der Waals surface area contributed by atoms with Crippen LogP contribution in [0.4, 0.5) is 0 Å². The highest BCUT2D eigenvalue weighted by molar-refractivity contribution is 5.95. The smallest absolute Gasteiger partial charge is 0.251 e. The Bertz CT molecular complexity index is 755. The number of rotatable bonds is 6. The number of amides is 1. The number of carbonyl (C=O) groups excluding carboxylic acids is 1. The van der Waals surface area contributed by atoms with Gasteiger partial charge in [0.15, 0.2) is 11.5 Å². The molecule has 132 valence electrons. The minimum atomic E-state index is -1.07. The van der Waals surface area contributed by atoms with Crippen LogP contribution in [0, 0.1) is 0 Å². The Balaban J connectivity index is 1.58. The summed E-state index contributed by atoms with van der Waals surface area (Å²) in [4.78, 5) is 12.3. The van der Waals surface area contributed by atoms with Gasteiger partial charge >= 0.3 is 0 Å². The van der Waals surface area contributed by atoms with Crippen molar-refractivity contribution in [2.24, 2.45) is 0 Å². The van der Waals surface area contributed by atoms with Gasteiger partial charge in [-0.25, -0.2) is 0 Å². The van der Waals surface area contributed by atoms with E-state index in [1.807, 2.05) is 24.3 Å². The third-order valence-corrected chi connectivity index (χ3v) is 4.01. The molecule has 0 fully saturated rings. The lowest BCUT2D eigenvalue weighted by Gasteiger charge is -2.24. The summed E-state index contributed by atoms with van der Waals surface area (Å²) in [5.74, 6) is 1.67. The third-order valence-electron chi connectivity index (χ3n) is 4.01. The first-order valence-electron chi connectivity index (χ1n) is 8.00. The fourth-order valence-corrected chi connectivity index (χ4v) is 2.66. The van der Waals surface area contributed by atoms with Gasteiger partial charge in [0.2, 0.25) is 6.79 Å². The van der Waals surface area contributed by atoms with Crippen molar-refractivity contribution in [1.82, 2.24) is 5.32 Å². The molecule has 0 saturated heterocycles. The molecular formula is C19H21NO5. The molecule has 0 aromatic heterocycles. The number of aliphatic hydroxyl groups is 1. The van der Waals surface area contributed by atoms with Crippen LogP contribution in [0.3, 0.4) is 0 Å². The van der Waals surface area contributed by atoms with E-state index in [9.17, 15) is 9.90 Å². The standard InChI is InChI=1S/C19H21NO5/c1-19(22,10-13-3-6-15(23-2)7-4-13)11-20-18(21)14-5-8-16-17(9-14)25-12-24-16/h3-9,22H,10-12H2,1-2H3,(H,20,21)/t19-/m1/s1. The number of ether oxygens (including phenoxy) is 3. The lowest BCUT2D eigenvalue weighted by Crippen LogP contribution is -2.42. The predicted molar refractivity (Wildman–Crippen MR) is 92.2 cm³/mol. The molecule has 2 aromatic rings. The second-order valence-corrected chi connectivity index (χ2v) is 6.27. The molecule has 0 bridgehead atoms. The van der Waals surface area contributed by atoms with Crippen molar-refractivity contribution in [2.45, 2.75) is 18.9 Å². The lowest BCUT2D eigenvalue weighted by atomic mass is 9.96. The Labute approximate surface area is 146 Å². The van der Waals surface area contributed by atoms with E-state index in [0.717, 1.165) is 11.3 Å². The summed E-state index contributed by atoms with van der Waals surface area (Å²) < 4.78 is 15.6. The zero-order chi connectivity index (χ0) is 17.9. The van der Waals surface area contributed by atoms with E-state index >= 15 is 0 Å². The largest absolute Gasteiger partial charge is 0.497 e. The van der Waals surface area contributed by atoms with Crippen molar-refractivity contribution < 1.29 is 24.1 Å². The second-order valence-electron chi connectivity index (χ2n) is 6.27. The van der Waals surface area contributed by atoms with Crippen LogP contribution < -0.4 is 19.5 Å². The lowest BCUT2D eigenvalue weighted by molar-refractivity contribution is 0.0552. The monoisotopic (exact) mass is 343 g/mol. The SMILES string of the molecule is COc1ccc(C[C@@](C)(O)CNC(=O)c2ccc3c(c2)OCO3)cc1. The van der Waals surface area contributed by atoms with Gasteiger partial charge < -0.3 is 24.6 Å². The molecular weight excluding hydrogens is 322 g/mol. The van der Waals surface area contributed by atoms with Crippen LogP contribution >= 0.6 is 0 Å². The molecule has 1 aliphatic rings. The maximum Gasteiger partial charge on any atom is 0.251 e. The Morgan fingerprint density at radius 3 is 2.64 bits per heavy atom.